The molecule has 0 aliphatic rings. The number of carbonyl (C=O) groups is 2. The van der Waals surface area contributed by atoms with E-state index in [1.807, 2.05) is 55.6 Å². The second kappa shape index (κ2) is 13.5. The van der Waals surface area contributed by atoms with Gasteiger partial charge in [0.2, 0.25) is 0 Å². The Morgan fingerprint density at radius 1 is 1.00 bits per heavy atom. The minimum absolute atomic E-state index is 0.366. The molecule has 0 aromatic heterocycles. The van der Waals surface area contributed by atoms with Crippen LogP contribution in [0.15, 0.2) is 78.9 Å². The number of allylic oxidation sites excluding steroid dienone is 1. The lowest BCUT2D eigenvalue weighted by molar-refractivity contribution is -0.139. The molecule has 0 saturated carbocycles. The third-order valence-corrected chi connectivity index (χ3v) is 6.57. The van der Waals surface area contributed by atoms with Gasteiger partial charge in [-0.15, -0.1) is 0 Å². The van der Waals surface area contributed by atoms with Gasteiger partial charge in [-0.1, -0.05) is 72.8 Å². The van der Waals surface area contributed by atoms with Crippen molar-refractivity contribution in [2.45, 2.75) is 38.6 Å². The maximum atomic E-state index is 13.2. The minimum Gasteiger partial charge on any atom is -0.480 e. The van der Waals surface area contributed by atoms with E-state index in [0.717, 1.165) is 41.5 Å². The summed E-state index contributed by atoms with van der Waals surface area (Å²) in [5.41, 5.74) is 5.67. The third-order valence-electron chi connectivity index (χ3n) is 5.93. The first-order valence-electron chi connectivity index (χ1n) is 11.9. The van der Waals surface area contributed by atoms with E-state index in [1.54, 1.807) is 17.8 Å². The van der Waals surface area contributed by atoms with Crippen molar-refractivity contribution in [3.63, 3.8) is 0 Å². The zero-order chi connectivity index (χ0) is 25.0. The zero-order valence-corrected chi connectivity index (χ0v) is 21.2. The van der Waals surface area contributed by atoms with Gasteiger partial charge in [-0.05, 0) is 84.6 Å². The van der Waals surface area contributed by atoms with E-state index in [1.165, 1.54) is 5.56 Å². The molecule has 35 heavy (non-hydrogen) atoms. The number of rotatable bonds is 12. The Morgan fingerprint density at radius 2 is 1.74 bits per heavy atom. The summed E-state index contributed by atoms with van der Waals surface area (Å²) in [7, 11) is 0. The second-order valence-corrected chi connectivity index (χ2v) is 9.53. The largest absolute Gasteiger partial charge is 0.480 e. The molecule has 0 bridgehead atoms. The van der Waals surface area contributed by atoms with Gasteiger partial charge < -0.3 is 10.4 Å². The second-order valence-electron chi connectivity index (χ2n) is 8.55. The lowest BCUT2D eigenvalue weighted by Gasteiger charge is -2.17. The van der Waals surface area contributed by atoms with Crippen LogP contribution in [0.4, 0.5) is 0 Å². The average Bonchev–Trinajstić information content (AvgIpc) is 2.87. The molecule has 1 atom stereocenters. The summed E-state index contributed by atoms with van der Waals surface area (Å²) in [5, 5.41) is 12.3. The van der Waals surface area contributed by atoms with Gasteiger partial charge in [0, 0.05) is 5.56 Å². The number of thioether (sulfide) groups is 1. The van der Waals surface area contributed by atoms with Crippen LogP contribution in [0.1, 0.15) is 46.3 Å². The predicted octanol–water partition coefficient (Wildman–Crippen LogP) is 6.63. The van der Waals surface area contributed by atoms with Crippen LogP contribution in [0.2, 0.25) is 0 Å². The molecule has 3 aromatic rings. The molecule has 0 aliphatic carbocycles. The Kier molecular flexibility index (Phi) is 10.2. The van der Waals surface area contributed by atoms with Crippen molar-refractivity contribution in [3.05, 3.63) is 101 Å². The SMILES string of the molecule is CSCCC(NC(=O)c1ccc(C=CCCCc2ccccc2)cc1-c1ccccc1C)C(=O)O. The molecule has 0 aliphatic heterocycles. The number of hydrogen-bond acceptors (Lipinski definition) is 3. The van der Waals surface area contributed by atoms with Gasteiger partial charge in [-0.3, -0.25) is 4.79 Å². The normalized spacial score (nSPS) is 11.9. The molecule has 0 fully saturated rings. The molecule has 0 spiro atoms. The number of unbranched alkanes of at least 4 members (excludes halogenated alkanes) is 1. The van der Waals surface area contributed by atoms with Gasteiger partial charge in [0.15, 0.2) is 0 Å². The summed E-state index contributed by atoms with van der Waals surface area (Å²) in [6.07, 6.45) is 9.64. The number of amides is 1. The summed E-state index contributed by atoms with van der Waals surface area (Å²) in [4.78, 5) is 24.8. The van der Waals surface area contributed by atoms with Gasteiger partial charge in [-0.2, -0.15) is 11.8 Å². The highest BCUT2D eigenvalue weighted by molar-refractivity contribution is 7.98. The quantitative estimate of drug-likeness (QED) is 0.281. The van der Waals surface area contributed by atoms with E-state index in [2.05, 4.69) is 41.7 Å². The number of nitrogens with one attached hydrogen (secondary N) is 1. The number of hydrogen-bond donors (Lipinski definition) is 2. The van der Waals surface area contributed by atoms with Crippen LogP contribution in [0, 0.1) is 6.92 Å². The molecule has 3 aromatic carbocycles. The summed E-state index contributed by atoms with van der Waals surface area (Å²) >= 11 is 1.56. The summed E-state index contributed by atoms with van der Waals surface area (Å²) in [6, 6.07) is 23.2. The first-order valence-corrected chi connectivity index (χ1v) is 13.3. The number of carboxylic acids is 1. The number of aryl methyl sites for hydroxylation is 2. The highest BCUT2D eigenvalue weighted by Gasteiger charge is 2.22. The Morgan fingerprint density at radius 3 is 2.46 bits per heavy atom. The van der Waals surface area contributed by atoms with Gasteiger partial charge in [0.05, 0.1) is 0 Å². The highest BCUT2D eigenvalue weighted by atomic mass is 32.2. The maximum Gasteiger partial charge on any atom is 0.326 e. The molecule has 182 valence electrons. The van der Waals surface area contributed by atoms with E-state index >= 15 is 0 Å². The Hall–Kier alpha value is -3.31. The lowest BCUT2D eigenvalue weighted by atomic mass is 9.93. The number of carboxylic acid groups (broad SMARTS) is 1. The molecular weight excluding hydrogens is 454 g/mol. The fourth-order valence-electron chi connectivity index (χ4n) is 3.98. The summed E-state index contributed by atoms with van der Waals surface area (Å²) in [6.45, 7) is 2.02. The topological polar surface area (TPSA) is 66.4 Å². The van der Waals surface area contributed by atoms with E-state index < -0.39 is 12.0 Å². The Balaban J connectivity index is 1.80. The van der Waals surface area contributed by atoms with Crippen molar-refractivity contribution in [2.24, 2.45) is 0 Å². The maximum absolute atomic E-state index is 13.2. The Labute approximate surface area is 212 Å². The monoisotopic (exact) mass is 487 g/mol. The van der Waals surface area contributed by atoms with Gasteiger partial charge in [0.1, 0.15) is 6.04 Å². The molecule has 1 unspecified atom stereocenters. The predicted molar refractivity (Wildman–Crippen MR) is 147 cm³/mol. The van der Waals surface area contributed by atoms with Crippen LogP contribution in [-0.4, -0.2) is 35.0 Å². The van der Waals surface area contributed by atoms with Crippen molar-refractivity contribution in [3.8, 4) is 11.1 Å². The molecule has 0 heterocycles. The van der Waals surface area contributed by atoms with Crippen LogP contribution in [-0.2, 0) is 11.2 Å². The molecule has 0 saturated heterocycles. The van der Waals surface area contributed by atoms with Crippen molar-refractivity contribution in [1.82, 2.24) is 5.32 Å². The van der Waals surface area contributed by atoms with E-state index in [-0.39, 0.29) is 5.91 Å². The van der Waals surface area contributed by atoms with Crippen LogP contribution in [0.5, 0.6) is 0 Å². The molecule has 5 heteroatoms. The van der Waals surface area contributed by atoms with Gasteiger partial charge >= 0.3 is 5.97 Å². The van der Waals surface area contributed by atoms with Crippen molar-refractivity contribution < 1.29 is 14.7 Å². The average molecular weight is 488 g/mol. The van der Waals surface area contributed by atoms with Gasteiger partial charge in [0.25, 0.3) is 5.91 Å². The van der Waals surface area contributed by atoms with Gasteiger partial charge in [-0.25, -0.2) is 4.79 Å². The number of carbonyl (C=O) groups excluding carboxylic acids is 1. The van der Waals surface area contributed by atoms with Crippen LogP contribution < -0.4 is 5.32 Å². The smallest absolute Gasteiger partial charge is 0.326 e. The third kappa shape index (κ3) is 7.86. The van der Waals surface area contributed by atoms with Crippen molar-refractivity contribution in [1.29, 1.82) is 0 Å². The molecule has 2 N–H and O–H groups in total. The molecule has 3 rings (SSSR count). The fraction of sp³-hybridized carbons (Fsp3) is 0.267. The van der Waals surface area contributed by atoms with E-state index in [0.29, 0.717) is 17.7 Å². The first-order chi connectivity index (χ1) is 17.0. The molecule has 1 amide bonds. The molecule has 4 nitrogen and oxygen atoms in total. The fourth-order valence-corrected chi connectivity index (χ4v) is 4.45. The van der Waals surface area contributed by atoms with Crippen molar-refractivity contribution in [2.75, 3.05) is 12.0 Å². The number of benzene rings is 3. The summed E-state index contributed by atoms with van der Waals surface area (Å²) in [5.74, 6) is -0.717. The summed E-state index contributed by atoms with van der Waals surface area (Å²) < 4.78 is 0. The van der Waals surface area contributed by atoms with Crippen LogP contribution in [0.3, 0.4) is 0 Å². The Bertz CT molecular complexity index is 1160. The molecule has 0 radical (unpaired) electrons. The van der Waals surface area contributed by atoms with E-state index in [4.69, 9.17) is 0 Å². The zero-order valence-electron chi connectivity index (χ0n) is 20.4. The van der Waals surface area contributed by atoms with Crippen LogP contribution in [0.25, 0.3) is 17.2 Å². The van der Waals surface area contributed by atoms with Crippen LogP contribution >= 0.6 is 11.8 Å². The first kappa shape index (κ1) is 26.3. The molecular formula is C30H33NO3S. The highest BCUT2D eigenvalue weighted by Crippen LogP contribution is 2.29. The minimum atomic E-state index is -1.01. The lowest BCUT2D eigenvalue weighted by Crippen LogP contribution is -2.41. The van der Waals surface area contributed by atoms with E-state index in [9.17, 15) is 14.7 Å². The standard InChI is InChI=1S/C30H33NO3S/c1-22-11-9-10-16-25(22)27-21-24(15-8-4-7-14-23-12-5-3-6-13-23)17-18-26(27)29(32)31-28(30(33)34)19-20-35-2/h3,5-6,8-13,15-18,21,28H,4,7,14,19-20H2,1-2H3,(H,31,32)(H,33,34). The van der Waals surface area contributed by atoms with Crippen molar-refractivity contribution >= 4 is 29.7 Å². The number of aliphatic carboxylic acids is 1.